The number of amides is 3. The lowest BCUT2D eigenvalue weighted by Crippen LogP contribution is -2.38. The van der Waals surface area contributed by atoms with E-state index >= 15 is 0 Å². The number of imide groups is 1. The Bertz CT molecular complexity index is 378. The molecule has 1 aromatic rings. The first-order valence-electron chi connectivity index (χ1n) is 4.51. The average molecular weight is 243 g/mol. The molecule has 0 fully saturated rings. The summed E-state index contributed by atoms with van der Waals surface area (Å²) in [5.74, 6) is -0.451. The lowest BCUT2D eigenvalue weighted by Gasteiger charge is -2.05. The van der Waals surface area contributed by atoms with E-state index in [1.54, 1.807) is 24.3 Å². The first-order chi connectivity index (χ1) is 7.58. The third-order valence-electron chi connectivity index (χ3n) is 1.61. The van der Waals surface area contributed by atoms with E-state index in [2.05, 4.69) is 5.48 Å². The van der Waals surface area contributed by atoms with E-state index in [9.17, 15) is 9.59 Å². The highest BCUT2D eigenvalue weighted by Gasteiger charge is 2.01. The third-order valence-corrected chi connectivity index (χ3v) is 1.86. The zero-order chi connectivity index (χ0) is 12.0. The molecule has 0 unspecified atom stereocenters. The summed E-state index contributed by atoms with van der Waals surface area (Å²) in [6.45, 7) is 1.43. The molecule has 0 aliphatic carbocycles. The molecular weight excluding hydrogens is 232 g/mol. The first kappa shape index (κ1) is 12.5. The molecule has 0 aliphatic heterocycles. The van der Waals surface area contributed by atoms with Gasteiger partial charge in [0, 0.05) is 11.9 Å². The van der Waals surface area contributed by atoms with Crippen molar-refractivity contribution >= 4 is 23.5 Å². The summed E-state index contributed by atoms with van der Waals surface area (Å²) in [6, 6.07) is 6.28. The number of nitrogens with one attached hydrogen (secondary N) is 2. The van der Waals surface area contributed by atoms with Gasteiger partial charge >= 0.3 is 6.03 Å². The summed E-state index contributed by atoms with van der Waals surface area (Å²) >= 11 is 5.70. The zero-order valence-corrected chi connectivity index (χ0v) is 9.38. The average Bonchev–Trinajstić information content (AvgIpc) is 2.20. The molecule has 16 heavy (non-hydrogen) atoms. The number of benzene rings is 1. The van der Waals surface area contributed by atoms with Gasteiger partial charge in [0.1, 0.15) is 0 Å². The van der Waals surface area contributed by atoms with E-state index in [1.165, 1.54) is 6.92 Å². The molecule has 3 amide bonds. The monoisotopic (exact) mass is 242 g/mol. The van der Waals surface area contributed by atoms with Gasteiger partial charge in [0.05, 0.1) is 6.61 Å². The lowest BCUT2D eigenvalue weighted by atomic mass is 10.2. The second-order valence-electron chi connectivity index (χ2n) is 3.03. The molecular formula is C10H11ClN2O3. The van der Waals surface area contributed by atoms with Crippen LogP contribution in [0.4, 0.5) is 4.79 Å². The summed E-state index contributed by atoms with van der Waals surface area (Å²) < 4.78 is 0. The van der Waals surface area contributed by atoms with Gasteiger partial charge < -0.3 is 0 Å². The number of rotatable bonds is 3. The van der Waals surface area contributed by atoms with Crippen LogP contribution in [0.25, 0.3) is 0 Å². The fourth-order valence-corrected chi connectivity index (χ4v) is 1.08. The van der Waals surface area contributed by atoms with Crippen molar-refractivity contribution in [2.24, 2.45) is 0 Å². The molecule has 0 heterocycles. The van der Waals surface area contributed by atoms with Crippen molar-refractivity contribution in [3.05, 3.63) is 34.9 Å². The van der Waals surface area contributed by atoms with Crippen LogP contribution in [0.1, 0.15) is 12.5 Å². The number of hydroxylamine groups is 1. The maximum Gasteiger partial charge on any atom is 0.345 e. The SMILES string of the molecule is CC(=O)NC(=O)NOCc1ccc(Cl)cc1. The fraction of sp³-hybridized carbons (Fsp3) is 0.200. The Labute approximate surface area is 97.7 Å². The van der Waals surface area contributed by atoms with Crippen molar-refractivity contribution in [3.63, 3.8) is 0 Å². The van der Waals surface area contributed by atoms with Crippen LogP contribution in [0, 0.1) is 0 Å². The Kier molecular flexibility index (Phi) is 4.75. The van der Waals surface area contributed by atoms with Gasteiger partial charge in [-0.25, -0.2) is 10.3 Å². The quantitative estimate of drug-likeness (QED) is 0.792. The molecule has 0 radical (unpaired) electrons. The van der Waals surface area contributed by atoms with Crippen LogP contribution in [0.3, 0.4) is 0 Å². The van der Waals surface area contributed by atoms with Crippen LogP contribution in [-0.2, 0) is 16.2 Å². The minimum absolute atomic E-state index is 0.197. The Balaban J connectivity index is 2.28. The Morgan fingerprint density at radius 1 is 1.31 bits per heavy atom. The van der Waals surface area contributed by atoms with Crippen molar-refractivity contribution < 1.29 is 14.4 Å². The van der Waals surface area contributed by atoms with Crippen molar-refractivity contribution in [3.8, 4) is 0 Å². The van der Waals surface area contributed by atoms with Gasteiger partial charge in [-0.1, -0.05) is 23.7 Å². The smallest absolute Gasteiger partial charge is 0.277 e. The van der Waals surface area contributed by atoms with Gasteiger partial charge in [0.2, 0.25) is 5.91 Å². The summed E-state index contributed by atoms with van der Waals surface area (Å²) in [5, 5.41) is 2.63. The van der Waals surface area contributed by atoms with E-state index in [0.717, 1.165) is 5.56 Å². The van der Waals surface area contributed by atoms with Gasteiger partial charge in [-0.05, 0) is 17.7 Å². The topological polar surface area (TPSA) is 67.4 Å². The van der Waals surface area contributed by atoms with Gasteiger partial charge in [-0.3, -0.25) is 14.9 Å². The minimum Gasteiger partial charge on any atom is -0.277 e. The maximum atomic E-state index is 10.9. The van der Waals surface area contributed by atoms with Crippen LogP contribution >= 0.6 is 11.6 Å². The predicted octanol–water partition coefficient (Wildman–Crippen LogP) is 1.62. The Hall–Kier alpha value is -1.59. The van der Waals surface area contributed by atoms with E-state index in [0.29, 0.717) is 5.02 Å². The molecule has 5 nitrogen and oxygen atoms in total. The van der Waals surface area contributed by atoms with Crippen molar-refractivity contribution in [1.29, 1.82) is 0 Å². The zero-order valence-electron chi connectivity index (χ0n) is 8.62. The molecule has 0 saturated heterocycles. The number of halogens is 1. The van der Waals surface area contributed by atoms with Crippen molar-refractivity contribution in [2.45, 2.75) is 13.5 Å². The Morgan fingerprint density at radius 3 is 2.50 bits per heavy atom. The van der Waals surface area contributed by atoms with Crippen molar-refractivity contribution in [2.75, 3.05) is 0 Å². The second kappa shape index (κ2) is 6.09. The molecule has 6 heteroatoms. The van der Waals surface area contributed by atoms with Gasteiger partial charge in [-0.15, -0.1) is 0 Å². The largest absolute Gasteiger partial charge is 0.345 e. The summed E-state index contributed by atoms with van der Waals surface area (Å²) in [6.07, 6.45) is 0. The van der Waals surface area contributed by atoms with E-state index in [-0.39, 0.29) is 6.61 Å². The lowest BCUT2D eigenvalue weighted by molar-refractivity contribution is -0.118. The second-order valence-corrected chi connectivity index (χ2v) is 3.46. The van der Waals surface area contributed by atoms with E-state index in [4.69, 9.17) is 16.4 Å². The molecule has 0 aromatic heterocycles. The number of urea groups is 1. The number of hydrogen-bond acceptors (Lipinski definition) is 3. The first-order valence-corrected chi connectivity index (χ1v) is 4.89. The Morgan fingerprint density at radius 2 is 1.94 bits per heavy atom. The molecule has 1 aromatic carbocycles. The molecule has 0 aliphatic rings. The van der Waals surface area contributed by atoms with Crippen LogP contribution in [0.2, 0.25) is 5.02 Å². The molecule has 0 atom stereocenters. The van der Waals surface area contributed by atoms with Crippen molar-refractivity contribution in [1.82, 2.24) is 10.8 Å². The highest BCUT2D eigenvalue weighted by molar-refractivity contribution is 6.30. The van der Waals surface area contributed by atoms with Crippen LogP contribution < -0.4 is 10.8 Å². The fourth-order valence-electron chi connectivity index (χ4n) is 0.951. The van der Waals surface area contributed by atoms with Gasteiger partial charge in [-0.2, -0.15) is 0 Å². The molecule has 0 bridgehead atoms. The van der Waals surface area contributed by atoms with Gasteiger partial charge in [0.25, 0.3) is 0 Å². The van der Waals surface area contributed by atoms with Crippen LogP contribution in [0.5, 0.6) is 0 Å². The molecule has 0 saturated carbocycles. The normalized spacial score (nSPS) is 9.62. The van der Waals surface area contributed by atoms with E-state index in [1.807, 2.05) is 5.32 Å². The maximum absolute atomic E-state index is 10.9. The molecule has 86 valence electrons. The van der Waals surface area contributed by atoms with Crippen LogP contribution in [0.15, 0.2) is 24.3 Å². The summed E-state index contributed by atoms with van der Waals surface area (Å²) in [7, 11) is 0. The molecule has 1 rings (SSSR count). The third kappa shape index (κ3) is 4.77. The number of carbonyl (C=O) groups is 2. The van der Waals surface area contributed by atoms with E-state index < -0.39 is 11.9 Å². The molecule has 0 spiro atoms. The summed E-state index contributed by atoms with van der Waals surface area (Å²) in [5.41, 5.74) is 2.93. The predicted molar refractivity (Wildman–Crippen MR) is 58.6 cm³/mol. The highest BCUT2D eigenvalue weighted by atomic mass is 35.5. The minimum atomic E-state index is -0.693. The standard InChI is InChI=1S/C10H11ClN2O3/c1-7(14)12-10(15)13-16-6-8-2-4-9(11)5-3-8/h2-5H,6H2,1H3,(H2,12,13,14,15). The van der Waals surface area contributed by atoms with Crippen LogP contribution in [-0.4, -0.2) is 11.9 Å². The summed E-state index contributed by atoms with van der Waals surface area (Å²) in [4.78, 5) is 26.3. The number of carbonyl (C=O) groups excluding carboxylic acids is 2. The molecule has 2 N–H and O–H groups in total. The van der Waals surface area contributed by atoms with Gasteiger partial charge in [0.15, 0.2) is 0 Å². The number of hydrogen-bond donors (Lipinski definition) is 2. The highest BCUT2D eigenvalue weighted by Crippen LogP contribution is 2.09.